The molecule has 0 saturated carbocycles. The lowest BCUT2D eigenvalue weighted by molar-refractivity contribution is -0.122. The van der Waals surface area contributed by atoms with E-state index in [1.165, 1.54) is 0 Å². The summed E-state index contributed by atoms with van der Waals surface area (Å²) in [6.07, 6.45) is 0.203. The van der Waals surface area contributed by atoms with Gasteiger partial charge in [-0.2, -0.15) is 16.9 Å². The molecule has 6 nitrogen and oxygen atoms in total. The van der Waals surface area contributed by atoms with Gasteiger partial charge in [-0.25, -0.2) is 4.68 Å². The standard InChI is InChI=1S/C20H23ClN4O2S/c1-20(2,3)25-18(15-10-28-11-16(15)23-25)22-19(27)12-8-17(26)24(9-12)14-6-4-13(21)5-7-14/h4-7,12H,8-11H2,1-3H3,(H,22,27)/t12-/m0/s1. The molecule has 0 unspecified atom stereocenters. The summed E-state index contributed by atoms with van der Waals surface area (Å²) in [4.78, 5) is 27.1. The van der Waals surface area contributed by atoms with Crippen LogP contribution in [0.1, 0.15) is 38.4 Å². The summed E-state index contributed by atoms with van der Waals surface area (Å²) < 4.78 is 1.91. The first-order chi connectivity index (χ1) is 13.2. The van der Waals surface area contributed by atoms with Gasteiger partial charge in [-0.3, -0.25) is 9.59 Å². The Balaban J connectivity index is 1.54. The van der Waals surface area contributed by atoms with E-state index in [0.717, 1.165) is 34.3 Å². The van der Waals surface area contributed by atoms with Crippen LogP contribution in [0, 0.1) is 5.92 Å². The summed E-state index contributed by atoms with van der Waals surface area (Å²) in [7, 11) is 0. The van der Waals surface area contributed by atoms with Crippen LogP contribution in [0.4, 0.5) is 11.5 Å². The molecule has 2 amide bonds. The van der Waals surface area contributed by atoms with Gasteiger partial charge in [0.15, 0.2) is 0 Å². The highest BCUT2D eigenvalue weighted by molar-refractivity contribution is 7.98. The maximum absolute atomic E-state index is 13.0. The molecule has 0 spiro atoms. The maximum Gasteiger partial charge on any atom is 0.230 e. The lowest BCUT2D eigenvalue weighted by Gasteiger charge is -2.24. The first kappa shape index (κ1) is 19.3. The lowest BCUT2D eigenvalue weighted by atomic mass is 10.1. The van der Waals surface area contributed by atoms with Crippen LogP contribution in [0.25, 0.3) is 0 Å². The van der Waals surface area contributed by atoms with E-state index in [9.17, 15) is 9.59 Å². The number of thioether (sulfide) groups is 1. The van der Waals surface area contributed by atoms with Gasteiger partial charge in [-0.1, -0.05) is 11.6 Å². The smallest absolute Gasteiger partial charge is 0.230 e. The molecule has 28 heavy (non-hydrogen) atoms. The molecule has 1 atom stereocenters. The predicted octanol–water partition coefficient (Wildman–Crippen LogP) is 4.03. The molecular formula is C20H23ClN4O2S. The highest BCUT2D eigenvalue weighted by atomic mass is 35.5. The molecule has 1 aromatic heterocycles. The van der Waals surface area contributed by atoms with Gasteiger partial charge >= 0.3 is 0 Å². The van der Waals surface area contributed by atoms with Crippen LogP contribution >= 0.6 is 23.4 Å². The van der Waals surface area contributed by atoms with E-state index in [2.05, 4.69) is 26.1 Å². The van der Waals surface area contributed by atoms with Crippen molar-refractivity contribution in [1.82, 2.24) is 9.78 Å². The number of hydrogen-bond acceptors (Lipinski definition) is 4. The molecule has 3 heterocycles. The Morgan fingerprint density at radius 1 is 1.25 bits per heavy atom. The first-order valence-electron chi connectivity index (χ1n) is 9.30. The summed E-state index contributed by atoms with van der Waals surface area (Å²) in [5.41, 5.74) is 2.67. The monoisotopic (exact) mass is 418 g/mol. The summed E-state index contributed by atoms with van der Waals surface area (Å²) in [5, 5.41) is 8.43. The molecule has 148 valence electrons. The van der Waals surface area contributed by atoms with E-state index in [1.54, 1.807) is 40.9 Å². The second-order valence-corrected chi connectivity index (χ2v) is 9.64. The van der Waals surface area contributed by atoms with Crippen molar-refractivity contribution in [3.05, 3.63) is 40.5 Å². The Hall–Kier alpha value is -1.99. The van der Waals surface area contributed by atoms with Gasteiger partial charge in [0.25, 0.3) is 0 Å². The zero-order valence-corrected chi connectivity index (χ0v) is 17.7. The lowest BCUT2D eigenvalue weighted by Crippen LogP contribution is -2.31. The fraction of sp³-hybridized carbons (Fsp3) is 0.450. The third-order valence-electron chi connectivity index (χ3n) is 5.06. The average molecular weight is 419 g/mol. The van der Waals surface area contributed by atoms with Crippen molar-refractivity contribution in [2.24, 2.45) is 5.92 Å². The van der Waals surface area contributed by atoms with Crippen LogP contribution < -0.4 is 10.2 Å². The number of fused-ring (bicyclic) bond motifs is 1. The van der Waals surface area contributed by atoms with Crippen molar-refractivity contribution in [2.45, 2.75) is 44.2 Å². The highest BCUT2D eigenvalue weighted by Gasteiger charge is 2.37. The van der Waals surface area contributed by atoms with Gasteiger partial charge in [-0.15, -0.1) is 0 Å². The maximum atomic E-state index is 13.0. The summed E-state index contributed by atoms with van der Waals surface area (Å²) in [6, 6.07) is 7.11. The van der Waals surface area contributed by atoms with Crippen molar-refractivity contribution in [1.29, 1.82) is 0 Å². The van der Waals surface area contributed by atoms with Gasteiger partial charge in [0.1, 0.15) is 5.82 Å². The number of carbonyl (C=O) groups excluding carboxylic acids is 2. The molecule has 1 fully saturated rings. The van der Waals surface area contributed by atoms with E-state index in [4.69, 9.17) is 16.7 Å². The third-order valence-corrected chi connectivity index (χ3v) is 6.29. The van der Waals surface area contributed by atoms with Crippen molar-refractivity contribution in [2.75, 3.05) is 16.8 Å². The molecule has 0 radical (unpaired) electrons. The number of aromatic nitrogens is 2. The SMILES string of the molecule is CC(C)(C)n1nc2c(c1NC(=O)[C@H]1CC(=O)N(c3ccc(Cl)cc3)C1)CSC2. The number of nitrogens with zero attached hydrogens (tertiary/aromatic N) is 3. The minimum absolute atomic E-state index is 0.0485. The second kappa shape index (κ2) is 7.12. The number of nitrogens with one attached hydrogen (secondary N) is 1. The van der Waals surface area contributed by atoms with Gasteiger partial charge < -0.3 is 10.2 Å². The van der Waals surface area contributed by atoms with Crippen molar-refractivity contribution in [3.8, 4) is 0 Å². The minimum Gasteiger partial charge on any atom is -0.312 e. The molecule has 0 bridgehead atoms. The normalized spacial score (nSPS) is 19.2. The quantitative estimate of drug-likeness (QED) is 0.817. The van der Waals surface area contributed by atoms with Gasteiger partial charge in [0.05, 0.1) is 17.2 Å². The number of hydrogen-bond donors (Lipinski definition) is 1. The van der Waals surface area contributed by atoms with Crippen molar-refractivity contribution < 1.29 is 9.59 Å². The van der Waals surface area contributed by atoms with Crippen LogP contribution in [0.15, 0.2) is 24.3 Å². The Kier molecular flexibility index (Phi) is 4.91. The Bertz CT molecular complexity index is 933. The minimum atomic E-state index is -0.392. The molecule has 2 aliphatic rings. The molecular weight excluding hydrogens is 396 g/mol. The zero-order chi connectivity index (χ0) is 20.1. The van der Waals surface area contributed by atoms with E-state index in [0.29, 0.717) is 11.6 Å². The third kappa shape index (κ3) is 3.53. The van der Waals surface area contributed by atoms with Gasteiger partial charge in [0, 0.05) is 40.7 Å². The molecule has 1 N–H and O–H groups in total. The van der Waals surface area contributed by atoms with E-state index < -0.39 is 5.92 Å². The Morgan fingerprint density at radius 2 is 1.96 bits per heavy atom. The number of carbonyl (C=O) groups is 2. The fourth-order valence-corrected chi connectivity index (χ4v) is 4.76. The second-order valence-electron chi connectivity index (χ2n) is 8.22. The molecule has 8 heteroatoms. The molecule has 0 aliphatic carbocycles. The fourth-order valence-electron chi connectivity index (χ4n) is 3.60. The molecule has 1 saturated heterocycles. The number of anilines is 2. The first-order valence-corrected chi connectivity index (χ1v) is 10.8. The number of rotatable bonds is 3. The molecule has 4 rings (SSSR count). The van der Waals surface area contributed by atoms with Gasteiger partial charge in [0.2, 0.25) is 11.8 Å². The van der Waals surface area contributed by atoms with Crippen molar-refractivity contribution in [3.63, 3.8) is 0 Å². The predicted molar refractivity (Wildman–Crippen MR) is 113 cm³/mol. The topological polar surface area (TPSA) is 67.2 Å². The van der Waals surface area contributed by atoms with E-state index >= 15 is 0 Å². The van der Waals surface area contributed by atoms with Crippen molar-refractivity contribution >= 4 is 46.7 Å². The summed E-state index contributed by atoms with van der Waals surface area (Å²) >= 11 is 7.74. The van der Waals surface area contributed by atoms with Crippen LogP contribution in [-0.2, 0) is 26.6 Å². The van der Waals surface area contributed by atoms with Crippen LogP contribution in [-0.4, -0.2) is 28.1 Å². The number of amides is 2. The van der Waals surface area contributed by atoms with E-state index in [-0.39, 0.29) is 23.8 Å². The zero-order valence-electron chi connectivity index (χ0n) is 16.2. The highest BCUT2D eigenvalue weighted by Crippen LogP contribution is 2.37. The Labute approximate surface area is 173 Å². The molecule has 2 aliphatic heterocycles. The summed E-state index contributed by atoms with van der Waals surface area (Å²) in [6.45, 7) is 6.57. The average Bonchev–Trinajstić information content (AvgIpc) is 3.31. The number of halogens is 1. The largest absolute Gasteiger partial charge is 0.312 e. The van der Waals surface area contributed by atoms with Crippen LogP contribution in [0.5, 0.6) is 0 Å². The Morgan fingerprint density at radius 3 is 2.64 bits per heavy atom. The van der Waals surface area contributed by atoms with Gasteiger partial charge in [-0.05, 0) is 45.0 Å². The van der Waals surface area contributed by atoms with Crippen LogP contribution in [0.3, 0.4) is 0 Å². The molecule has 2 aromatic rings. The van der Waals surface area contributed by atoms with E-state index in [1.807, 2.05) is 4.68 Å². The summed E-state index contributed by atoms with van der Waals surface area (Å²) in [5.74, 6) is 1.92. The molecule has 1 aromatic carbocycles. The van der Waals surface area contributed by atoms with Crippen LogP contribution in [0.2, 0.25) is 5.02 Å². The number of benzene rings is 1.